The summed E-state index contributed by atoms with van der Waals surface area (Å²) in [5, 5.41) is 8.69. The zero-order valence-electron chi connectivity index (χ0n) is 10.4. The fraction of sp³-hybridized carbons (Fsp3) is 0.429. The van der Waals surface area contributed by atoms with Gasteiger partial charge in [-0.05, 0) is 44.0 Å². The van der Waals surface area contributed by atoms with Gasteiger partial charge in [-0.1, -0.05) is 0 Å². The summed E-state index contributed by atoms with van der Waals surface area (Å²) in [5.41, 5.74) is 0.584. The SMILES string of the molecule is CC(Oc1ccc(C#N)cc1)C(=O)N1CCCC1. The van der Waals surface area contributed by atoms with Crippen molar-refractivity contribution >= 4 is 5.91 Å². The van der Waals surface area contributed by atoms with Crippen LogP contribution in [0.25, 0.3) is 0 Å². The number of hydrogen-bond donors (Lipinski definition) is 0. The van der Waals surface area contributed by atoms with E-state index in [9.17, 15) is 4.79 Å². The summed E-state index contributed by atoms with van der Waals surface area (Å²) in [6, 6.07) is 8.84. The summed E-state index contributed by atoms with van der Waals surface area (Å²) < 4.78 is 5.59. The van der Waals surface area contributed by atoms with Crippen molar-refractivity contribution in [1.82, 2.24) is 4.90 Å². The Morgan fingerprint density at radius 2 is 1.94 bits per heavy atom. The predicted octanol–water partition coefficient (Wildman–Crippen LogP) is 1.95. The third-order valence-corrected chi connectivity index (χ3v) is 3.06. The smallest absolute Gasteiger partial charge is 0.263 e. The molecule has 2 rings (SSSR count). The van der Waals surface area contributed by atoms with Gasteiger partial charge in [-0.2, -0.15) is 5.26 Å². The summed E-state index contributed by atoms with van der Waals surface area (Å²) in [6.07, 6.45) is 1.68. The summed E-state index contributed by atoms with van der Waals surface area (Å²) in [7, 11) is 0. The Bertz CT molecular complexity index is 456. The monoisotopic (exact) mass is 244 g/mol. The van der Waals surface area contributed by atoms with Crippen LogP contribution >= 0.6 is 0 Å². The predicted molar refractivity (Wildman–Crippen MR) is 67.1 cm³/mol. The van der Waals surface area contributed by atoms with Gasteiger partial charge in [-0.15, -0.1) is 0 Å². The lowest BCUT2D eigenvalue weighted by molar-refractivity contribution is -0.136. The van der Waals surface area contributed by atoms with E-state index in [1.165, 1.54) is 0 Å². The maximum atomic E-state index is 12.0. The van der Waals surface area contributed by atoms with Crippen LogP contribution in [0.1, 0.15) is 25.3 Å². The van der Waals surface area contributed by atoms with E-state index in [4.69, 9.17) is 10.00 Å². The lowest BCUT2D eigenvalue weighted by atomic mass is 10.2. The molecule has 1 heterocycles. The lowest BCUT2D eigenvalue weighted by Gasteiger charge is -2.21. The van der Waals surface area contributed by atoms with Crippen molar-refractivity contribution in [1.29, 1.82) is 5.26 Å². The van der Waals surface area contributed by atoms with E-state index in [2.05, 4.69) is 0 Å². The fourth-order valence-corrected chi connectivity index (χ4v) is 2.06. The van der Waals surface area contributed by atoms with Crippen molar-refractivity contribution in [3.05, 3.63) is 29.8 Å². The van der Waals surface area contributed by atoms with Gasteiger partial charge in [0, 0.05) is 13.1 Å². The van der Waals surface area contributed by atoms with Gasteiger partial charge in [0.25, 0.3) is 5.91 Å². The number of benzene rings is 1. The average Bonchev–Trinajstić information content (AvgIpc) is 2.92. The Hall–Kier alpha value is -2.02. The molecule has 1 saturated heterocycles. The number of ether oxygens (including phenoxy) is 1. The third kappa shape index (κ3) is 2.80. The number of hydrogen-bond acceptors (Lipinski definition) is 3. The highest BCUT2D eigenvalue weighted by Crippen LogP contribution is 2.16. The van der Waals surface area contributed by atoms with Crippen molar-refractivity contribution in [2.24, 2.45) is 0 Å². The first kappa shape index (κ1) is 12.4. The van der Waals surface area contributed by atoms with Crippen LogP contribution in [0.2, 0.25) is 0 Å². The summed E-state index contributed by atoms with van der Waals surface area (Å²) in [4.78, 5) is 13.9. The molecular weight excluding hydrogens is 228 g/mol. The Kier molecular flexibility index (Phi) is 3.83. The molecular formula is C14H16N2O2. The lowest BCUT2D eigenvalue weighted by Crippen LogP contribution is -2.38. The maximum absolute atomic E-state index is 12.0. The van der Waals surface area contributed by atoms with E-state index in [0.717, 1.165) is 25.9 Å². The minimum Gasteiger partial charge on any atom is -0.481 e. The number of likely N-dealkylation sites (tertiary alicyclic amines) is 1. The fourth-order valence-electron chi connectivity index (χ4n) is 2.06. The van der Waals surface area contributed by atoms with E-state index in [1.54, 1.807) is 31.2 Å². The van der Waals surface area contributed by atoms with Crippen molar-refractivity contribution in [3.8, 4) is 11.8 Å². The quantitative estimate of drug-likeness (QED) is 0.816. The molecule has 1 atom stereocenters. The molecule has 4 nitrogen and oxygen atoms in total. The van der Waals surface area contributed by atoms with Crippen LogP contribution < -0.4 is 4.74 Å². The summed E-state index contributed by atoms with van der Waals surface area (Å²) in [5.74, 6) is 0.658. The van der Waals surface area contributed by atoms with E-state index in [-0.39, 0.29) is 5.91 Å². The first-order valence-electron chi connectivity index (χ1n) is 6.16. The topological polar surface area (TPSA) is 53.3 Å². The highest BCUT2D eigenvalue weighted by molar-refractivity contribution is 5.81. The van der Waals surface area contributed by atoms with Crippen molar-refractivity contribution in [2.45, 2.75) is 25.9 Å². The molecule has 0 bridgehead atoms. The van der Waals surface area contributed by atoms with E-state index < -0.39 is 6.10 Å². The number of nitrogens with zero attached hydrogens (tertiary/aromatic N) is 2. The number of amides is 1. The minimum atomic E-state index is -0.476. The van der Waals surface area contributed by atoms with Gasteiger partial charge < -0.3 is 9.64 Å². The van der Waals surface area contributed by atoms with Crippen LogP contribution in [0, 0.1) is 11.3 Å². The number of carbonyl (C=O) groups excluding carboxylic acids is 1. The zero-order valence-corrected chi connectivity index (χ0v) is 10.4. The highest BCUT2D eigenvalue weighted by Gasteiger charge is 2.24. The standard InChI is InChI=1S/C14H16N2O2/c1-11(14(17)16-8-2-3-9-16)18-13-6-4-12(10-15)5-7-13/h4-7,11H,2-3,8-9H2,1H3. The molecule has 0 N–H and O–H groups in total. The molecule has 0 saturated carbocycles. The summed E-state index contributed by atoms with van der Waals surface area (Å²) >= 11 is 0. The molecule has 0 aromatic heterocycles. The van der Waals surface area contributed by atoms with Crippen LogP contribution in [-0.4, -0.2) is 30.0 Å². The maximum Gasteiger partial charge on any atom is 0.263 e. The first-order valence-corrected chi connectivity index (χ1v) is 6.16. The summed E-state index contributed by atoms with van der Waals surface area (Å²) in [6.45, 7) is 3.43. The third-order valence-electron chi connectivity index (χ3n) is 3.06. The molecule has 94 valence electrons. The van der Waals surface area contributed by atoms with Crippen molar-refractivity contribution in [3.63, 3.8) is 0 Å². The van der Waals surface area contributed by atoms with E-state index >= 15 is 0 Å². The van der Waals surface area contributed by atoms with Gasteiger partial charge in [0.2, 0.25) is 0 Å². The van der Waals surface area contributed by atoms with Gasteiger partial charge >= 0.3 is 0 Å². The van der Waals surface area contributed by atoms with Gasteiger partial charge in [0.15, 0.2) is 6.10 Å². The van der Waals surface area contributed by atoms with E-state index in [0.29, 0.717) is 11.3 Å². The van der Waals surface area contributed by atoms with Crippen LogP contribution in [0.4, 0.5) is 0 Å². The molecule has 0 spiro atoms. The van der Waals surface area contributed by atoms with Crippen molar-refractivity contribution in [2.75, 3.05) is 13.1 Å². The van der Waals surface area contributed by atoms with Gasteiger partial charge in [-0.3, -0.25) is 4.79 Å². The zero-order chi connectivity index (χ0) is 13.0. The molecule has 1 aliphatic heterocycles. The average molecular weight is 244 g/mol. The Balaban J connectivity index is 1.95. The Labute approximate surface area is 107 Å². The molecule has 1 fully saturated rings. The number of nitriles is 1. The Morgan fingerprint density at radius 1 is 1.33 bits per heavy atom. The molecule has 1 aliphatic rings. The largest absolute Gasteiger partial charge is 0.481 e. The second kappa shape index (κ2) is 5.54. The number of rotatable bonds is 3. The van der Waals surface area contributed by atoms with Crippen molar-refractivity contribution < 1.29 is 9.53 Å². The second-order valence-electron chi connectivity index (χ2n) is 4.43. The van der Waals surface area contributed by atoms with E-state index in [1.807, 2.05) is 11.0 Å². The van der Waals surface area contributed by atoms with Gasteiger partial charge in [-0.25, -0.2) is 0 Å². The number of carbonyl (C=O) groups is 1. The van der Waals surface area contributed by atoms with Gasteiger partial charge in [0.1, 0.15) is 5.75 Å². The minimum absolute atomic E-state index is 0.0388. The van der Waals surface area contributed by atoms with Crippen LogP contribution in [0.5, 0.6) is 5.75 Å². The second-order valence-corrected chi connectivity index (χ2v) is 4.43. The molecule has 0 aliphatic carbocycles. The molecule has 1 amide bonds. The molecule has 1 aromatic rings. The van der Waals surface area contributed by atoms with Crippen LogP contribution in [0.3, 0.4) is 0 Å². The first-order chi connectivity index (χ1) is 8.70. The van der Waals surface area contributed by atoms with Crippen LogP contribution in [0.15, 0.2) is 24.3 Å². The Morgan fingerprint density at radius 3 is 2.50 bits per heavy atom. The molecule has 1 aromatic carbocycles. The molecule has 0 radical (unpaired) electrons. The highest BCUT2D eigenvalue weighted by atomic mass is 16.5. The van der Waals surface area contributed by atoms with Gasteiger partial charge in [0.05, 0.1) is 11.6 Å². The molecule has 1 unspecified atom stereocenters. The normalized spacial score (nSPS) is 16.1. The van der Waals surface area contributed by atoms with Crippen LogP contribution in [-0.2, 0) is 4.79 Å². The molecule has 18 heavy (non-hydrogen) atoms. The molecule has 4 heteroatoms.